The Bertz CT molecular complexity index is 974. The molecule has 0 aromatic carbocycles. The highest BCUT2D eigenvalue weighted by atomic mass is 16.7. The van der Waals surface area contributed by atoms with E-state index < -0.39 is 61.6 Å². The highest BCUT2D eigenvalue weighted by molar-refractivity contribution is 5.77. The predicted molar refractivity (Wildman–Crippen MR) is 199 cm³/mol. The second-order valence-corrected chi connectivity index (χ2v) is 15.0. The summed E-state index contributed by atoms with van der Waals surface area (Å²) in [7, 11) is 4.14. The molecule has 1 heterocycles. The van der Waals surface area contributed by atoms with Crippen molar-refractivity contribution < 1.29 is 78.5 Å². The van der Waals surface area contributed by atoms with E-state index in [-0.39, 0.29) is 55.2 Å². The fourth-order valence-electron chi connectivity index (χ4n) is 5.08. The molecular formula is C37H75NO16. The molecule has 54 heavy (non-hydrogen) atoms. The SMILES string of the molecule is CC[C@H](CO)O[C@](CC)(CO)OC.CC[C@H](COC(=O)CC(C)(C)CCC(=O)NC(C)(C)C)OC(CO)(CO)OC.CC[C@H]1O[C@@](CO)(OC)[C@H](O)[C@@H]1O. The highest BCUT2D eigenvalue weighted by Crippen LogP contribution is 2.33. The number of methoxy groups -OCH3 is 3. The van der Waals surface area contributed by atoms with Crippen molar-refractivity contribution in [1.29, 1.82) is 0 Å². The van der Waals surface area contributed by atoms with Crippen molar-refractivity contribution in [2.75, 3.05) is 61.0 Å². The van der Waals surface area contributed by atoms with E-state index in [0.717, 1.165) is 0 Å². The fraction of sp³-hybridized carbons (Fsp3) is 0.946. The van der Waals surface area contributed by atoms with Crippen LogP contribution >= 0.6 is 0 Å². The number of aliphatic hydroxyl groups is 7. The molecule has 1 rings (SSSR count). The molecule has 8 N–H and O–H groups in total. The van der Waals surface area contributed by atoms with E-state index in [1.54, 1.807) is 0 Å². The van der Waals surface area contributed by atoms with Gasteiger partial charge in [0.15, 0.2) is 5.79 Å². The second kappa shape index (κ2) is 26.4. The third-order valence-corrected chi connectivity index (χ3v) is 8.95. The minimum Gasteiger partial charge on any atom is -0.463 e. The molecule has 1 fully saturated rings. The summed E-state index contributed by atoms with van der Waals surface area (Å²) in [5.41, 5.74) is -0.669. The molecule has 0 spiro atoms. The van der Waals surface area contributed by atoms with Crippen molar-refractivity contribution in [1.82, 2.24) is 5.32 Å². The minimum absolute atomic E-state index is 0.0129. The van der Waals surface area contributed by atoms with Crippen LogP contribution in [0, 0.1) is 5.41 Å². The van der Waals surface area contributed by atoms with Crippen LogP contribution in [0.3, 0.4) is 0 Å². The van der Waals surface area contributed by atoms with Crippen molar-refractivity contribution in [3.8, 4) is 0 Å². The third-order valence-electron chi connectivity index (χ3n) is 8.95. The van der Waals surface area contributed by atoms with Gasteiger partial charge >= 0.3 is 5.97 Å². The third kappa shape index (κ3) is 19.0. The van der Waals surface area contributed by atoms with Gasteiger partial charge in [-0.15, -0.1) is 0 Å². The summed E-state index contributed by atoms with van der Waals surface area (Å²) in [6.45, 7) is 15.3. The van der Waals surface area contributed by atoms with Crippen LogP contribution in [0.25, 0.3) is 0 Å². The Morgan fingerprint density at radius 1 is 0.815 bits per heavy atom. The maximum absolute atomic E-state index is 12.2. The maximum atomic E-state index is 12.2. The van der Waals surface area contributed by atoms with Crippen LogP contribution in [0.1, 0.15) is 107 Å². The summed E-state index contributed by atoms with van der Waals surface area (Å²) in [5, 5.41) is 67.7. The predicted octanol–water partition coefficient (Wildman–Crippen LogP) is 1.13. The van der Waals surface area contributed by atoms with E-state index in [1.165, 1.54) is 21.3 Å². The van der Waals surface area contributed by atoms with Crippen LogP contribution < -0.4 is 5.32 Å². The average molecular weight is 790 g/mol. The lowest BCUT2D eigenvalue weighted by molar-refractivity contribution is -0.282. The molecular weight excluding hydrogens is 714 g/mol. The zero-order chi connectivity index (χ0) is 42.4. The van der Waals surface area contributed by atoms with Crippen LogP contribution in [0.5, 0.6) is 0 Å². The van der Waals surface area contributed by atoms with Gasteiger partial charge in [-0.1, -0.05) is 41.5 Å². The topological polar surface area (TPSA) is 252 Å². The first-order valence-corrected chi connectivity index (χ1v) is 18.7. The van der Waals surface area contributed by atoms with Crippen LogP contribution in [-0.2, 0) is 42.7 Å². The summed E-state index contributed by atoms with van der Waals surface area (Å²) in [6, 6.07) is 0. The van der Waals surface area contributed by atoms with Crippen LogP contribution in [0.4, 0.5) is 0 Å². The van der Waals surface area contributed by atoms with Gasteiger partial charge in [0.25, 0.3) is 0 Å². The Labute approximate surface area is 322 Å². The van der Waals surface area contributed by atoms with Gasteiger partial charge < -0.3 is 74.2 Å². The van der Waals surface area contributed by atoms with E-state index in [2.05, 4.69) is 5.32 Å². The number of amides is 1. The van der Waals surface area contributed by atoms with Gasteiger partial charge in [-0.25, -0.2) is 0 Å². The molecule has 0 bridgehead atoms. The van der Waals surface area contributed by atoms with Gasteiger partial charge in [-0.05, 0) is 51.9 Å². The van der Waals surface area contributed by atoms with Gasteiger partial charge in [0.05, 0.1) is 51.2 Å². The van der Waals surface area contributed by atoms with Crippen molar-refractivity contribution in [2.45, 2.75) is 161 Å². The number of carbonyl (C=O) groups excluding carboxylic acids is 2. The van der Waals surface area contributed by atoms with E-state index in [1.807, 2.05) is 62.3 Å². The van der Waals surface area contributed by atoms with Gasteiger partial charge in [0, 0.05) is 39.7 Å². The van der Waals surface area contributed by atoms with E-state index in [0.29, 0.717) is 38.5 Å². The quantitative estimate of drug-likeness (QED) is 0.0534. The average Bonchev–Trinajstić information content (AvgIpc) is 3.40. The number of carbonyl (C=O) groups is 2. The van der Waals surface area contributed by atoms with E-state index in [4.69, 9.17) is 48.5 Å². The normalized spacial score (nSPS) is 22.5. The number of aliphatic hydroxyl groups excluding tert-OH is 7. The molecule has 1 amide bonds. The van der Waals surface area contributed by atoms with Gasteiger partial charge in [-0.2, -0.15) is 0 Å². The smallest absolute Gasteiger partial charge is 0.306 e. The Morgan fingerprint density at radius 2 is 1.33 bits per heavy atom. The summed E-state index contributed by atoms with van der Waals surface area (Å²) in [6.07, 6.45) is -0.110. The molecule has 7 atom stereocenters. The second-order valence-electron chi connectivity index (χ2n) is 15.0. The van der Waals surface area contributed by atoms with Crippen molar-refractivity contribution in [3.05, 3.63) is 0 Å². The van der Waals surface area contributed by atoms with E-state index in [9.17, 15) is 30.0 Å². The number of ether oxygens (including phenoxy) is 7. The molecule has 0 aromatic heterocycles. The van der Waals surface area contributed by atoms with Crippen LogP contribution in [0.2, 0.25) is 0 Å². The number of esters is 1. The summed E-state index contributed by atoms with van der Waals surface area (Å²) < 4.78 is 36.6. The molecule has 1 aliphatic rings. The van der Waals surface area contributed by atoms with Crippen molar-refractivity contribution in [3.63, 3.8) is 0 Å². The first-order chi connectivity index (χ1) is 25.1. The zero-order valence-electron chi connectivity index (χ0n) is 34.9. The molecule has 324 valence electrons. The van der Waals surface area contributed by atoms with Gasteiger partial charge in [0.2, 0.25) is 17.5 Å². The number of rotatable bonds is 23. The molecule has 1 saturated heterocycles. The lowest BCUT2D eigenvalue weighted by atomic mass is 9.84. The molecule has 0 aromatic rings. The molecule has 0 saturated carbocycles. The van der Waals surface area contributed by atoms with Crippen molar-refractivity contribution in [2.24, 2.45) is 5.41 Å². The monoisotopic (exact) mass is 790 g/mol. The minimum atomic E-state index is -1.52. The van der Waals surface area contributed by atoms with Gasteiger partial charge in [-0.3, -0.25) is 9.59 Å². The first kappa shape index (κ1) is 54.5. The molecule has 17 nitrogen and oxygen atoms in total. The Morgan fingerprint density at radius 3 is 1.67 bits per heavy atom. The molecule has 1 aliphatic heterocycles. The van der Waals surface area contributed by atoms with Crippen LogP contribution in [-0.4, -0.2) is 162 Å². The molecule has 0 radical (unpaired) electrons. The van der Waals surface area contributed by atoms with Crippen LogP contribution in [0.15, 0.2) is 0 Å². The largest absolute Gasteiger partial charge is 0.463 e. The fourth-order valence-corrected chi connectivity index (χ4v) is 5.08. The number of nitrogens with one attached hydrogen (secondary N) is 1. The Kier molecular flexibility index (Phi) is 26.6. The van der Waals surface area contributed by atoms with E-state index >= 15 is 0 Å². The molecule has 0 aliphatic carbocycles. The first-order valence-electron chi connectivity index (χ1n) is 18.7. The maximum Gasteiger partial charge on any atom is 0.306 e. The van der Waals surface area contributed by atoms with Crippen molar-refractivity contribution >= 4 is 11.9 Å². The number of hydrogen-bond acceptors (Lipinski definition) is 16. The molecule has 17 heteroatoms. The Hall–Kier alpha value is -1.58. The summed E-state index contributed by atoms with van der Waals surface area (Å²) in [5.74, 6) is -4.37. The summed E-state index contributed by atoms with van der Waals surface area (Å²) in [4.78, 5) is 24.2. The number of hydrogen-bond donors (Lipinski definition) is 8. The highest BCUT2D eigenvalue weighted by Gasteiger charge is 2.53. The Balaban J connectivity index is 0. The van der Waals surface area contributed by atoms with Gasteiger partial charge in [0.1, 0.15) is 25.4 Å². The zero-order valence-corrected chi connectivity index (χ0v) is 34.9. The molecule has 0 unspecified atom stereocenters. The lowest BCUT2D eigenvalue weighted by Crippen LogP contribution is -2.47. The standard InChI is InChI=1S/C20H39NO7.C9H20O4.C8H16O5/c1-8-15(28-20(13-22,14-23)26-7)12-27-17(25)11-19(5,6)10-9-16(24)21-18(2,3)4;1-4-8(6-10)13-9(5-2,7-11)12-3;1-3-5-6(10)7(11)8(4-9,12-2)13-5/h15,22-23H,8-14H2,1-7H3,(H,21,24);8,10-11H,4-7H2,1-3H3;5-7,9-11H,3-4H2,1-2H3/t15-;8-,9-;5-,6-,7-,8-/m111/s1. The summed E-state index contributed by atoms with van der Waals surface area (Å²) >= 11 is 0. The lowest BCUT2D eigenvalue weighted by Gasteiger charge is -2.32.